The quantitative estimate of drug-likeness (QED) is 0.121. The molecule has 1 aliphatic heterocycles. The van der Waals surface area contributed by atoms with E-state index in [0.29, 0.717) is 53.8 Å². The molecule has 0 radical (unpaired) electrons. The number of carboxylic acid groups (broad SMARTS) is 1. The molecule has 3 aliphatic carbocycles. The van der Waals surface area contributed by atoms with Crippen molar-refractivity contribution in [2.24, 2.45) is 5.92 Å². The van der Waals surface area contributed by atoms with E-state index in [1.54, 1.807) is 31.4 Å². The molecule has 17 heteroatoms. The van der Waals surface area contributed by atoms with Crippen LogP contribution in [0.2, 0.25) is 0 Å². The van der Waals surface area contributed by atoms with E-state index in [0.717, 1.165) is 29.4 Å². The van der Waals surface area contributed by atoms with Crippen LogP contribution < -0.4 is 24.8 Å². The van der Waals surface area contributed by atoms with Gasteiger partial charge in [0.1, 0.15) is 35.2 Å². The maximum absolute atomic E-state index is 14.9. The second-order valence-electron chi connectivity index (χ2n) is 15.5. The van der Waals surface area contributed by atoms with Gasteiger partial charge in [-0.1, -0.05) is 55.8 Å². The van der Waals surface area contributed by atoms with Crippen molar-refractivity contribution < 1.29 is 47.0 Å². The number of carbonyl (C=O) groups excluding carboxylic acids is 4. The summed E-state index contributed by atoms with van der Waals surface area (Å²) in [7, 11) is -2.42. The molecule has 312 valence electrons. The van der Waals surface area contributed by atoms with Crippen LogP contribution in [0, 0.1) is 5.92 Å². The zero-order chi connectivity index (χ0) is 42.1. The van der Waals surface area contributed by atoms with Crippen molar-refractivity contribution in [3.05, 3.63) is 79.9 Å². The smallest absolute Gasteiger partial charge is 0.408 e. The van der Waals surface area contributed by atoms with Gasteiger partial charge in [0.15, 0.2) is 0 Å². The van der Waals surface area contributed by atoms with Crippen LogP contribution in [0.5, 0.6) is 11.5 Å². The largest absolute Gasteiger partial charge is 0.497 e. The van der Waals surface area contributed by atoms with Crippen molar-refractivity contribution in [1.29, 1.82) is 0 Å². The Balaban J connectivity index is 1.25. The number of ether oxygens (including phenoxy) is 2. The van der Waals surface area contributed by atoms with Crippen LogP contribution in [-0.2, 0) is 29.2 Å². The van der Waals surface area contributed by atoms with E-state index < -0.39 is 87.2 Å². The fourth-order valence-electron chi connectivity index (χ4n) is 8.22. The van der Waals surface area contributed by atoms with Gasteiger partial charge in [-0.3, -0.25) is 28.8 Å². The van der Waals surface area contributed by atoms with Crippen LogP contribution in [0.25, 0.3) is 22.2 Å². The van der Waals surface area contributed by atoms with Gasteiger partial charge >= 0.3 is 6.09 Å². The molecule has 0 spiro atoms. The second kappa shape index (κ2) is 16.7. The van der Waals surface area contributed by atoms with E-state index in [-0.39, 0.29) is 19.4 Å². The molecule has 1 saturated heterocycles. The summed E-state index contributed by atoms with van der Waals surface area (Å²) in [6.45, 7) is 6.66. The minimum atomic E-state index is -3.97. The van der Waals surface area contributed by atoms with Crippen LogP contribution in [0.4, 0.5) is 4.79 Å². The van der Waals surface area contributed by atoms with Gasteiger partial charge in [-0.05, 0) is 50.3 Å². The molecule has 2 heterocycles. The molecule has 0 bridgehead atoms. The first-order valence-electron chi connectivity index (χ1n) is 19.7. The van der Waals surface area contributed by atoms with Crippen LogP contribution in [-0.4, -0.2) is 113 Å². The fourth-order valence-corrected chi connectivity index (χ4v) is 9.59. The Bertz CT molecular complexity index is 2280. The molecule has 4 fully saturated rings. The summed E-state index contributed by atoms with van der Waals surface area (Å²) in [5.41, 5.74) is 0.312. The Kier molecular flexibility index (Phi) is 11.7. The maximum atomic E-state index is 14.9. The Morgan fingerprint density at radius 1 is 1.05 bits per heavy atom. The lowest BCUT2D eigenvalue weighted by atomic mass is 10.1. The average Bonchev–Trinajstić information content (AvgIpc) is 4.11. The molecular formula is C42H48N6O10S. The summed E-state index contributed by atoms with van der Waals surface area (Å²) >= 11 is 0. The molecule has 2 aromatic carbocycles. The Labute approximate surface area is 342 Å². The molecule has 0 unspecified atom stereocenters. The van der Waals surface area contributed by atoms with Gasteiger partial charge in [0.25, 0.3) is 5.91 Å². The predicted octanol–water partition coefficient (Wildman–Crippen LogP) is 3.52. The van der Waals surface area contributed by atoms with Gasteiger partial charge in [-0.15, -0.1) is 6.58 Å². The van der Waals surface area contributed by atoms with Gasteiger partial charge in [-0.2, -0.15) is 0 Å². The SMILES string of the molecule is C=CC(=O)NC[C@@H](C(=O)N1C[C@H](Oc2cc(-c3ccccc3)nc3cc(OC)ccc23)C[C@H]1C(=O)N[C@]1(C(=O)NS(=O)(=O)C2CC2)C[C@H]1C=C)N(C(=O)O)C1CCCC1. The van der Waals surface area contributed by atoms with Crippen LogP contribution in [0.1, 0.15) is 51.4 Å². The number of aromatic nitrogens is 1. The summed E-state index contributed by atoms with van der Waals surface area (Å²) in [5, 5.41) is 15.8. The first-order chi connectivity index (χ1) is 28.3. The van der Waals surface area contributed by atoms with Crippen LogP contribution in [0.3, 0.4) is 0 Å². The van der Waals surface area contributed by atoms with Crippen molar-refractivity contribution in [3.8, 4) is 22.8 Å². The average molecular weight is 829 g/mol. The minimum Gasteiger partial charge on any atom is -0.497 e. The number of pyridine rings is 1. The topological polar surface area (TPSA) is 214 Å². The van der Waals surface area contributed by atoms with Crippen molar-refractivity contribution in [2.45, 2.75) is 86.4 Å². The number of hydrogen-bond acceptors (Lipinski definition) is 10. The van der Waals surface area contributed by atoms with Crippen LogP contribution >= 0.6 is 0 Å². The summed E-state index contributed by atoms with van der Waals surface area (Å²) in [6.07, 6.45) is 3.63. The van der Waals surface area contributed by atoms with E-state index in [1.807, 2.05) is 30.3 Å². The van der Waals surface area contributed by atoms with Gasteiger partial charge in [0.05, 0.1) is 30.1 Å². The summed E-state index contributed by atoms with van der Waals surface area (Å²) < 4.78 is 39.9. The molecule has 3 aromatic rings. The molecule has 7 rings (SSSR count). The Morgan fingerprint density at radius 3 is 2.41 bits per heavy atom. The molecule has 3 saturated carbocycles. The molecular weight excluding hydrogens is 781 g/mol. The lowest BCUT2D eigenvalue weighted by Crippen LogP contribution is -2.61. The molecule has 59 heavy (non-hydrogen) atoms. The number of carbonyl (C=O) groups is 5. The summed E-state index contributed by atoms with van der Waals surface area (Å²) in [4.78, 5) is 75.5. The number of amides is 5. The third-order valence-corrected chi connectivity index (χ3v) is 13.5. The van der Waals surface area contributed by atoms with Gasteiger partial charge < -0.3 is 30.1 Å². The number of methoxy groups -OCH3 is 1. The van der Waals surface area contributed by atoms with E-state index in [2.05, 4.69) is 28.5 Å². The van der Waals surface area contributed by atoms with Gasteiger partial charge in [0, 0.05) is 48.0 Å². The van der Waals surface area contributed by atoms with Crippen molar-refractivity contribution >= 4 is 50.6 Å². The Morgan fingerprint density at radius 2 is 1.78 bits per heavy atom. The fraction of sp³-hybridized carbons (Fsp3) is 0.429. The first kappa shape index (κ1) is 41.2. The predicted molar refractivity (Wildman–Crippen MR) is 217 cm³/mol. The van der Waals surface area contributed by atoms with Crippen molar-refractivity contribution in [2.75, 3.05) is 20.2 Å². The van der Waals surface area contributed by atoms with E-state index in [4.69, 9.17) is 14.5 Å². The standard InChI is InChI=1S/C42H48N6O10S/c1-4-26-22-42(26,40(52)46-59(55,56)30-16-17-30)45-38(50)34-20-29(24-47(34)39(51)35(23-43-37(49)5-2)48(41(53)54)27-13-9-10-14-27)58-36-21-32(25-11-7-6-8-12-25)44-33-19-28(57-3)15-18-31(33)36/h4-8,11-12,15,18-19,21,26-27,29-30,34-35H,1-2,9-10,13-14,16-17,20,22-24H2,3H3,(H,43,49)(H,45,50)(H,46,52)(H,53,54)/t26-,29-,34+,35+,42-/m1/s1. The number of benzene rings is 2. The number of fused-ring (bicyclic) bond motifs is 1. The molecule has 5 atom stereocenters. The van der Waals surface area contributed by atoms with Gasteiger partial charge in [-0.25, -0.2) is 18.2 Å². The highest BCUT2D eigenvalue weighted by Crippen LogP contribution is 2.46. The van der Waals surface area contributed by atoms with Crippen molar-refractivity contribution in [1.82, 2.24) is 30.1 Å². The summed E-state index contributed by atoms with van der Waals surface area (Å²) in [6, 6.07) is 13.3. The highest BCUT2D eigenvalue weighted by molar-refractivity contribution is 7.91. The lowest BCUT2D eigenvalue weighted by molar-refractivity contribution is -0.143. The zero-order valence-corrected chi connectivity index (χ0v) is 33.5. The highest BCUT2D eigenvalue weighted by Gasteiger charge is 2.62. The number of nitrogens with one attached hydrogen (secondary N) is 3. The number of likely N-dealkylation sites (tertiary alicyclic amines) is 1. The number of sulfonamides is 1. The maximum Gasteiger partial charge on any atom is 0.408 e. The molecule has 16 nitrogen and oxygen atoms in total. The first-order valence-corrected chi connectivity index (χ1v) is 21.3. The normalized spacial score (nSPS) is 23.1. The monoisotopic (exact) mass is 828 g/mol. The van der Waals surface area contributed by atoms with Gasteiger partial charge in [0.2, 0.25) is 27.7 Å². The van der Waals surface area contributed by atoms with Crippen molar-refractivity contribution in [3.63, 3.8) is 0 Å². The van der Waals surface area contributed by atoms with Crippen LogP contribution in [0.15, 0.2) is 79.9 Å². The summed E-state index contributed by atoms with van der Waals surface area (Å²) in [5.74, 6) is -2.67. The zero-order valence-electron chi connectivity index (χ0n) is 32.7. The molecule has 4 N–H and O–H groups in total. The number of rotatable bonds is 16. The van der Waals surface area contributed by atoms with E-state index in [1.165, 1.54) is 11.0 Å². The molecule has 1 aromatic heterocycles. The number of hydrogen-bond donors (Lipinski definition) is 4. The second-order valence-corrected chi connectivity index (χ2v) is 17.5. The Hall–Kier alpha value is -5.97. The third-order valence-electron chi connectivity index (χ3n) is 11.7. The highest BCUT2D eigenvalue weighted by atomic mass is 32.2. The number of nitrogens with zero attached hydrogens (tertiary/aromatic N) is 3. The van der Waals surface area contributed by atoms with E-state index in [9.17, 15) is 37.5 Å². The minimum absolute atomic E-state index is 0.0776. The molecule has 5 amide bonds. The van der Waals surface area contributed by atoms with E-state index >= 15 is 0 Å². The lowest BCUT2D eigenvalue weighted by Gasteiger charge is -2.37. The third kappa shape index (κ3) is 8.60. The molecule has 4 aliphatic rings.